The first-order valence-electron chi connectivity index (χ1n) is 5.19. The quantitative estimate of drug-likeness (QED) is 0.737. The average Bonchev–Trinajstić information content (AvgIpc) is 2.15. The highest BCUT2D eigenvalue weighted by Gasteiger charge is 2.20. The zero-order chi connectivity index (χ0) is 8.81. The lowest BCUT2D eigenvalue weighted by Gasteiger charge is -2.26. The molecule has 1 fully saturated rings. The SMILES string of the molecule is CCCCC(Br)C1CCNCC1. The molecule has 0 spiro atoms. The topological polar surface area (TPSA) is 12.0 Å². The van der Waals surface area contributed by atoms with E-state index < -0.39 is 0 Å². The fraction of sp³-hybridized carbons (Fsp3) is 1.00. The van der Waals surface area contributed by atoms with E-state index in [0.717, 1.165) is 10.7 Å². The Morgan fingerprint density at radius 2 is 2.08 bits per heavy atom. The third-order valence-electron chi connectivity index (χ3n) is 2.73. The number of hydrogen-bond donors (Lipinski definition) is 1. The lowest BCUT2D eigenvalue weighted by atomic mass is 9.92. The number of hydrogen-bond acceptors (Lipinski definition) is 1. The van der Waals surface area contributed by atoms with Crippen LogP contribution in [-0.4, -0.2) is 17.9 Å². The van der Waals surface area contributed by atoms with Gasteiger partial charge in [-0.15, -0.1) is 0 Å². The van der Waals surface area contributed by atoms with Crippen molar-refractivity contribution in [2.24, 2.45) is 5.92 Å². The van der Waals surface area contributed by atoms with Crippen molar-refractivity contribution in [2.75, 3.05) is 13.1 Å². The molecule has 1 nitrogen and oxygen atoms in total. The van der Waals surface area contributed by atoms with Crippen LogP contribution in [-0.2, 0) is 0 Å². The van der Waals surface area contributed by atoms with Crippen LogP contribution in [0.25, 0.3) is 0 Å². The van der Waals surface area contributed by atoms with Gasteiger partial charge in [0.25, 0.3) is 0 Å². The zero-order valence-electron chi connectivity index (χ0n) is 7.98. The van der Waals surface area contributed by atoms with Crippen molar-refractivity contribution in [2.45, 2.75) is 43.9 Å². The summed E-state index contributed by atoms with van der Waals surface area (Å²) in [7, 11) is 0. The molecule has 1 N–H and O–H groups in total. The maximum absolute atomic E-state index is 3.81. The van der Waals surface area contributed by atoms with Gasteiger partial charge in [0.1, 0.15) is 0 Å². The summed E-state index contributed by atoms with van der Waals surface area (Å²) < 4.78 is 0. The Hall–Kier alpha value is 0.440. The molecule has 0 aromatic carbocycles. The Labute approximate surface area is 84.4 Å². The second kappa shape index (κ2) is 5.98. The van der Waals surface area contributed by atoms with Crippen molar-refractivity contribution in [1.82, 2.24) is 5.32 Å². The maximum atomic E-state index is 3.81. The highest BCUT2D eigenvalue weighted by molar-refractivity contribution is 9.09. The molecular formula is C10H20BrN. The van der Waals surface area contributed by atoms with Crippen molar-refractivity contribution in [3.05, 3.63) is 0 Å². The lowest BCUT2D eigenvalue weighted by Crippen LogP contribution is -2.31. The molecule has 1 rings (SSSR count). The summed E-state index contributed by atoms with van der Waals surface area (Å²) in [5.41, 5.74) is 0. The van der Waals surface area contributed by atoms with Crippen molar-refractivity contribution >= 4 is 15.9 Å². The third kappa shape index (κ3) is 3.44. The monoisotopic (exact) mass is 233 g/mol. The summed E-state index contributed by atoms with van der Waals surface area (Å²) in [5.74, 6) is 0.929. The molecular weight excluding hydrogens is 214 g/mol. The maximum Gasteiger partial charge on any atom is 0.0175 e. The average molecular weight is 234 g/mol. The third-order valence-corrected chi connectivity index (χ3v) is 3.93. The van der Waals surface area contributed by atoms with E-state index in [1.165, 1.54) is 45.2 Å². The van der Waals surface area contributed by atoms with Gasteiger partial charge >= 0.3 is 0 Å². The first-order chi connectivity index (χ1) is 5.84. The van der Waals surface area contributed by atoms with Crippen LogP contribution in [0.3, 0.4) is 0 Å². The van der Waals surface area contributed by atoms with E-state index in [-0.39, 0.29) is 0 Å². The van der Waals surface area contributed by atoms with Gasteiger partial charge in [0, 0.05) is 4.83 Å². The van der Waals surface area contributed by atoms with Crippen molar-refractivity contribution in [3.63, 3.8) is 0 Å². The first kappa shape index (κ1) is 10.5. The Morgan fingerprint density at radius 1 is 1.42 bits per heavy atom. The van der Waals surface area contributed by atoms with Crippen LogP contribution in [0.15, 0.2) is 0 Å². The number of alkyl halides is 1. The lowest BCUT2D eigenvalue weighted by molar-refractivity contribution is 0.356. The van der Waals surface area contributed by atoms with Crippen LogP contribution in [0.2, 0.25) is 0 Å². The van der Waals surface area contributed by atoms with Gasteiger partial charge in [-0.3, -0.25) is 0 Å². The van der Waals surface area contributed by atoms with E-state index in [4.69, 9.17) is 0 Å². The molecule has 0 saturated carbocycles. The smallest absolute Gasteiger partial charge is 0.0175 e. The minimum atomic E-state index is 0.777. The van der Waals surface area contributed by atoms with Crippen LogP contribution < -0.4 is 5.32 Å². The predicted octanol–water partition coefficient (Wildman–Crippen LogP) is 2.94. The fourth-order valence-corrected chi connectivity index (χ4v) is 2.69. The van der Waals surface area contributed by atoms with Gasteiger partial charge in [0.2, 0.25) is 0 Å². The van der Waals surface area contributed by atoms with Gasteiger partial charge in [-0.2, -0.15) is 0 Å². The second-order valence-electron chi connectivity index (χ2n) is 3.75. The van der Waals surface area contributed by atoms with Gasteiger partial charge < -0.3 is 5.32 Å². The van der Waals surface area contributed by atoms with Gasteiger partial charge in [-0.05, 0) is 38.3 Å². The number of unbranched alkanes of at least 4 members (excludes halogenated alkanes) is 1. The molecule has 0 amide bonds. The molecule has 1 atom stereocenters. The molecule has 0 aromatic heterocycles. The number of nitrogens with one attached hydrogen (secondary N) is 1. The molecule has 0 aliphatic carbocycles. The molecule has 1 unspecified atom stereocenters. The molecule has 1 aliphatic rings. The minimum absolute atomic E-state index is 0.777. The van der Waals surface area contributed by atoms with Crippen LogP contribution in [0, 0.1) is 5.92 Å². The summed E-state index contributed by atoms with van der Waals surface area (Å²) in [6, 6.07) is 0. The van der Waals surface area contributed by atoms with Gasteiger partial charge in [0.05, 0.1) is 0 Å². The molecule has 1 saturated heterocycles. The van der Waals surface area contributed by atoms with Gasteiger partial charge in [0.15, 0.2) is 0 Å². The van der Waals surface area contributed by atoms with Crippen molar-refractivity contribution in [3.8, 4) is 0 Å². The van der Waals surface area contributed by atoms with Crippen LogP contribution in [0.5, 0.6) is 0 Å². The zero-order valence-corrected chi connectivity index (χ0v) is 9.57. The highest BCUT2D eigenvalue weighted by Crippen LogP contribution is 2.26. The number of rotatable bonds is 4. The fourth-order valence-electron chi connectivity index (χ4n) is 1.84. The second-order valence-corrected chi connectivity index (χ2v) is 4.92. The van der Waals surface area contributed by atoms with E-state index in [0.29, 0.717) is 0 Å². The van der Waals surface area contributed by atoms with Crippen LogP contribution in [0.4, 0.5) is 0 Å². The normalized spacial score (nSPS) is 22.5. The van der Waals surface area contributed by atoms with Crippen LogP contribution in [0.1, 0.15) is 39.0 Å². The summed E-state index contributed by atoms with van der Waals surface area (Å²) in [5, 5.41) is 3.40. The molecule has 2 heteroatoms. The van der Waals surface area contributed by atoms with Crippen LogP contribution >= 0.6 is 15.9 Å². The molecule has 1 heterocycles. The van der Waals surface area contributed by atoms with E-state index in [2.05, 4.69) is 28.2 Å². The molecule has 0 radical (unpaired) electrons. The van der Waals surface area contributed by atoms with Gasteiger partial charge in [-0.25, -0.2) is 0 Å². The largest absolute Gasteiger partial charge is 0.317 e. The Kier molecular flexibility index (Phi) is 5.24. The van der Waals surface area contributed by atoms with E-state index >= 15 is 0 Å². The summed E-state index contributed by atoms with van der Waals surface area (Å²) in [4.78, 5) is 0.777. The van der Waals surface area contributed by atoms with Crippen molar-refractivity contribution < 1.29 is 0 Å². The Balaban J connectivity index is 2.15. The summed E-state index contributed by atoms with van der Waals surface area (Å²) in [6.07, 6.45) is 6.79. The molecule has 72 valence electrons. The highest BCUT2D eigenvalue weighted by atomic mass is 79.9. The van der Waals surface area contributed by atoms with Gasteiger partial charge in [-0.1, -0.05) is 35.7 Å². The number of halogens is 1. The van der Waals surface area contributed by atoms with E-state index in [1.54, 1.807) is 0 Å². The minimum Gasteiger partial charge on any atom is -0.317 e. The van der Waals surface area contributed by atoms with E-state index in [9.17, 15) is 0 Å². The standard InChI is InChI=1S/C10H20BrN/c1-2-3-4-10(11)9-5-7-12-8-6-9/h9-10,12H,2-8H2,1H3. The molecule has 0 bridgehead atoms. The Morgan fingerprint density at radius 3 is 2.67 bits per heavy atom. The molecule has 0 aromatic rings. The summed E-state index contributed by atoms with van der Waals surface area (Å²) >= 11 is 3.81. The predicted molar refractivity (Wildman–Crippen MR) is 57.8 cm³/mol. The van der Waals surface area contributed by atoms with Crippen molar-refractivity contribution in [1.29, 1.82) is 0 Å². The van der Waals surface area contributed by atoms with E-state index in [1.807, 2.05) is 0 Å². The first-order valence-corrected chi connectivity index (χ1v) is 6.11. The number of piperidine rings is 1. The molecule has 1 aliphatic heterocycles. The Bertz CT molecular complexity index is 110. The molecule has 12 heavy (non-hydrogen) atoms. The summed E-state index contributed by atoms with van der Waals surface area (Å²) in [6.45, 7) is 4.71.